The number of aliphatic carboxylic acids is 1. The van der Waals surface area contributed by atoms with E-state index in [1.165, 1.54) is 6.07 Å². The van der Waals surface area contributed by atoms with E-state index in [0.29, 0.717) is 15.1 Å². The van der Waals surface area contributed by atoms with Crippen molar-refractivity contribution in [1.82, 2.24) is 0 Å². The van der Waals surface area contributed by atoms with Crippen LogP contribution in [0.2, 0.25) is 5.02 Å². The summed E-state index contributed by atoms with van der Waals surface area (Å²) in [6, 6.07) is 4.63. The summed E-state index contributed by atoms with van der Waals surface area (Å²) < 4.78 is 13.2. The molecule has 5 heteroatoms. The summed E-state index contributed by atoms with van der Waals surface area (Å²) >= 11 is 8.79. The van der Waals surface area contributed by atoms with Crippen molar-refractivity contribution in [2.45, 2.75) is 0 Å². The first kappa shape index (κ1) is 11.2. The zero-order valence-electron chi connectivity index (χ0n) is 6.80. The Morgan fingerprint density at radius 3 is 2.71 bits per heavy atom. The van der Waals surface area contributed by atoms with Crippen LogP contribution in [0.25, 0.3) is 6.08 Å². The van der Waals surface area contributed by atoms with Crippen molar-refractivity contribution in [3.63, 3.8) is 0 Å². The molecule has 14 heavy (non-hydrogen) atoms. The maximum Gasteiger partial charge on any atom is 0.364 e. The quantitative estimate of drug-likeness (QED) is 0.841. The molecule has 0 heterocycles. The van der Waals surface area contributed by atoms with Crippen LogP contribution in [0.5, 0.6) is 0 Å². The fraction of sp³-hybridized carbons (Fsp3) is 0. The van der Waals surface area contributed by atoms with E-state index in [-0.39, 0.29) is 0 Å². The number of carboxylic acids is 1. The molecule has 74 valence electrons. The van der Waals surface area contributed by atoms with Gasteiger partial charge in [0.05, 0.1) is 0 Å². The Morgan fingerprint density at radius 1 is 1.57 bits per heavy atom. The van der Waals surface area contributed by atoms with Gasteiger partial charge in [0.1, 0.15) is 0 Å². The summed E-state index contributed by atoms with van der Waals surface area (Å²) in [7, 11) is 0. The second-order valence-electron chi connectivity index (χ2n) is 2.46. The molecule has 2 nitrogen and oxygen atoms in total. The molecule has 0 saturated carbocycles. The van der Waals surface area contributed by atoms with Crippen LogP contribution in [0.1, 0.15) is 5.56 Å². The number of benzene rings is 1. The van der Waals surface area contributed by atoms with E-state index < -0.39 is 11.8 Å². The molecule has 0 fully saturated rings. The van der Waals surface area contributed by atoms with Gasteiger partial charge in [-0.3, -0.25) is 0 Å². The van der Waals surface area contributed by atoms with Crippen molar-refractivity contribution >= 4 is 39.6 Å². The molecule has 0 radical (unpaired) electrons. The van der Waals surface area contributed by atoms with Crippen LogP contribution in [0.15, 0.2) is 28.5 Å². The van der Waals surface area contributed by atoms with Crippen molar-refractivity contribution in [2.75, 3.05) is 0 Å². The standard InChI is InChI=1S/C9H5BrClFO2/c10-7-4-6(11)2-1-5(7)3-8(12)9(13)14/h1-4H,(H,13,14)/b8-3-. The lowest BCUT2D eigenvalue weighted by Crippen LogP contribution is -1.94. The minimum Gasteiger partial charge on any atom is -0.476 e. The largest absolute Gasteiger partial charge is 0.476 e. The van der Waals surface area contributed by atoms with E-state index in [0.717, 1.165) is 6.08 Å². The molecule has 1 rings (SSSR count). The van der Waals surface area contributed by atoms with E-state index >= 15 is 0 Å². The van der Waals surface area contributed by atoms with Gasteiger partial charge in [0.15, 0.2) is 0 Å². The van der Waals surface area contributed by atoms with Crippen LogP contribution < -0.4 is 0 Å². The van der Waals surface area contributed by atoms with Crippen LogP contribution in [-0.2, 0) is 4.79 Å². The molecule has 1 aromatic carbocycles. The van der Waals surface area contributed by atoms with Gasteiger partial charge in [-0.1, -0.05) is 33.6 Å². The van der Waals surface area contributed by atoms with E-state index in [1.807, 2.05) is 0 Å². The second-order valence-corrected chi connectivity index (χ2v) is 3.75. The van der Waals surface area contributed by atoms with Gasteiger partial charge in [0, 0.05) is 9.50 Å². The van der Waals surface area contributed by atoms with Crippen molar-refractivity contribution < 1.29 is 14.3 Å². The minimum absolute atomic E-state index is 0.425. The number of rotatable bonds is 2. The van der Waals surface area contributed by atoms with Gasteiger partial charge in [-0.15, -0.1) is 0 Å². The number of halogens is 3. The van der Waals surface area contributed by atoms with Gasteiger partial charge in [-0.25, -0.2) is 4.79 Å². The van der Waals surface area contributed by atoms with Crippen molar-refractivity contribution in [1.29, 1.82) is 0 Å². The fourth-order valence-corrected chi connectivity index (χ4v) is 1.61. The Hall–Kier alpha value is -0.870. The lowest BCUT2D eigenvalue weighted by atomic mass is 10.2. The Morgan fingerprint density at radius 2 is 2.21 bits per heavy atom. The highest BCUT2D eigenvalue weighted by atomic mass is 79.9. The molecule has 0 bridgehead atoms. The SMILES string of the molecule is O=C(O)/C(F)=C/c1ccc(Cl)cc1Br. The lowest BCUT2D eigenvalue weighted by molar-refractivity contribution is -0.134. The minimum atomic E-state index is -1.59. The summed E-state index contributed by atoms with van der Waals surface area (Å²) in [6.07, 6.45) is 0.919. The molecule has 0 spiro atoms. The predicted octanol–water partition coefficient (Wildman–Crippen LogP) is 3.50. The summed E-state index contributed by atoms with van der Waals surface area (Å²) in [5.74, 6) is -2.81. The van der Waals surface area contributed by atoms with E-state index in [1.54, 1.807) is 12.1 Å². The second kappa shape index (κ2) is 4.57. The van der Waals surface area contributed by atoms with Crippen LogP contribution in [0.4, 0.5) is 4.39 Å². The van der Waals surface area contributed by atoms with Gasteiger partial charge in [-0.05, 0) is 23.8 Å². The first-order valence-corrected chi connectivity index (χ1v) is 4.73. The smallest absolute Gasteiger partial charge is 0.364 e. The monoisotopic (exact) mass is 278 g/mol. The van der Waals surface area contributed by atoms with E-state index in [2.05, 4.69) is 15.9 Å². The van der Waals surface area contributed by atoms with Gasteiger partial charge in [0.25, 0.3) is 0 Å². The number of carboxylic acid groups (broad SMARTS) is 1. The zero-order valence-corrected chi connectivity index (χ0v) is 9.14. The summed E-state index contributed by atoms with van der Waals surface area (Å²) in [5.41, 5.74) is 0.425. The Bertz CT molecular complexity index is 404. The highest BCUT2D eigenvalue weighted by Gasteiger charge is 2.06. The van der Waals surface area contributed by atoms with Gasteiger partial charge in [0.2, 0.25) is 5.83 Å². The third-order valence-corrected chi connectivity index (χ3v) is 2.37. The summed E-state index contributed by atoms with van der Waals surface area (Å²) in [4.78, 5) is 10.2. The predicted molar refractivity (Wildman–Crippen MR) is 55.9 cm³/mol. The molecular formula is C9H5BrClFO2. The van der Waals surface area contributed by atoms with Gasteiger partial charge in [-0.2, -0.15) is 4.39 Å². The molecule has 0 atom stereocenters. The van der Waals surface area contributed by atoms with Crippen LogP contribution >= 0.6 is 27.5 Å². The third kappa shape index (κ3) is 2.82. The highest BCUT2D eigenvalue weighted by molar-refractivity contribution is 9.10. The van der Waals surface area contributed by atoms with Gasteiger partial charge < -0.3 is 5.11 Å². The molecule has 0 aliphatic heterocycles. The molecular weight excluding hydrogens is 274 g/mol. The zero-order chi connectivity index (χ0) is 10.7. The summed E-state index contributed by atoms with van der Waals surface area (Å²) in [6.45, 7) is 0. The molecule has 1 aromatic rings. The molecule has 0 amide bonds. The van der Waals surface area contributed by atoms with Crippen LogP contribution in [0.3, 0.4) is 0 Å². The average Bonchev–Trinajstić information content (AvgIpc) is 2.09. The number of carbonyl (C=O) groups is 1. The van der Waals surface area contributed by atoms with Crippen molar-refractivity contribution in [3.05, 3.63) is 39.1 Å². The highest BCUT2D eigenvalue weighted by Crippen LogP contribution is 2.23. The molecule has 0 aromatic heterocycles. The van der Waals surface area contributed by atoms with Crippen molar-refractivity contribution in [2.24, 2.45) is 0 Å². The topological polar surface area (TPSA) is 37.3 Å². The fourth-order valence-electron chi connectivity index (χ4n) is 0.817. The number of hydrogen-bond donors (Lipinski definition) is 1. The molecule has 1 N–H and O–H groups in total. The maximum absolute atomic E-state index is 12.7. The Labute approximate surface area is 93.1 Å². The van der Waals surface area contributed by atoms with E-state index in [9.17, 15) is 9.18 Å². The van der Waals surface area contributed by atoms with Crippen molar-refractivity contribution in [3.8, 4) is 0 Å². The Balaban J connectivity index is 3.09. The van der Waals surface area contributed by atoms with Gasteiger partial charge >= 0.3 is 5.97 Å². The third-order valence-electron chi connectivity index (χ3n) is 1.45. The lowest BCUT2D eigenvalue weighted by Gasteiger charge is -1.98. The summed E-state index contributed by atoms with van der Waals surface area (Å²) in [5, 5.41) is 8.79. The normalized spacial score (nSPS) is 11.5. The molecule has 0 aliphatic rings. The Kier molecular flexibility index (Phi) is 3.66. The molecule has 0 saturated heterocycles. The van der Waals surface area contributed by atoms with Crippen LogP contribution in [0, 0.1) is 0 Å². The number of hydrogen-bond acceptors (Lipinski definition) is 1. The van der Waals surface area contributed by atoms with Crippen LogP contribution in [-0.4, -0.2) is 11.1 Å². The average molecular weight is 279 g/mol. The maximum atomic E-state index is 12.7. The molecule has 0 unspecified atom stereocenters. The molecule has 0 aliphatic carbocycles. The van der Waals surface area contributed by atoms with E-state index in [4.69, 9.17) is 16.7 Å². The first-order valence-electron chi connectivity index (χ1n) is 3.56. The first-order chi connectivity index (χ1) is 6.50.